The van der Waals surface area contributed by atoms with Crippen molar-refractivity contribution in [2.24, 2.45) is 0 Å². The van der Waals surface area contributed by atoms with E-state index in [9.17, 15) is 5.11 Å². The van der Waals surface area contributed by atoms with Crippen molar-refractivity contribution in [3.8, 4) is 5.75 Å². The standard InChI is InChI=1S/C15H15BrClNO2/c1-2-6-20-11-7-10(8-18-9-11)15(19)12-4-3-5-13(16)14(12)17/h3-5,7-9,15,19H,2,6H2,1H3. The average Bonchev–Trinajstić information content (AvgIpc) is 2.47. The van der Waals surface area contributed by atoms with Crippen LogP contribution >= 0.6 is 27.5 Å². The van der Waals surface area contributed by atoms with Gasteiger partial charge < -0.3 is 9.84 Å². The number of pyridine rings is 1. The van der Waals surface area contributed by atoms with Gasteiger partial charge in [0.1, 0.15) is 11.9 Å². The molecule has 0 amide bonds. The van der Waals surface area contributed by atoms with Crippen LogP contribution in [-0.4, -0.2) is 16.7 Å². The maximum Gasteiger partial charge on any atom is 0.137 e. The highest BCUT2D eigenvalue weighted by Crippen LogP contribution is 2.33. The molecule has 0 bridgehead atoms. The molecule has 1 atom stereocenters. The first-order valence-corrected chi connectivity index (χ1v) is 7.50. The summed E-state index contributed by atoms with van der Waals surface area (Å²) in [6.45, 7) is 2.66. The second-order valence-electron chi connectivity index (χ2n) is 4.35. The van der Waals surface area contributed by atoms with Crippen LogP contribution in [-0.2, 0) is 0 Å². The molecule has 0 radical (unpaired) electrons. The summed E-state index contributed by atoms with van der Waals surface area (Å²) in [5, 5.41) is 10.9. The van der Waals surface area contributed by atoms with Gasteiger partial charge in [-0.3, -0.25) is 4.98 Å². The first-order valence-electron chi connectivity index (χ1n) is 6.33. The summed E-state index contributed by atoms with van der Waals surface area (Å²) >= 11 is 9.56. The summed E-state index contributed by atoms with van der Waals surface area (Å²) in [5.74, 6) is 0.648. The maximum atomic E-state index is 10.4. The molecule has 2 aromatic rings. The summed E-state index contributed by atoms with van der Waals surface area (Å²) in [5.41, 5.74) is 1.29. The molecule has 0 aliphatic rings. The molecule has 1 unspecified atom stereocenters. The van der Waals surface area contributed by atoms with Crippen molar-refractivity contribution in [2.45, 2.75) is 19.4 Å². The Hall–Kier alpha value is -1.10. The lowest BCUT2D eigenvalue weighted by Gasteiger charge is -2.14. The topological polar surface area (TPSA) is 42.4 Å². The van der Waals surface area contributed by atoms with Crippen molar-refractivity contribution in [1.82, 2.24) is 4.98 Å². The van der Waals surface area contributed by atoms with Crippen LogP contribution in [0.3, 0.4) is 0 Å². The van der Waals surface area contributed by atoms with Crippen LogP contribution in [0, 0.1) is 0 Å². The number of halogens is 2. The summed E-state index contributed by atoms with van der Waals surface area (Å²) in [7, 11) is 0. The molecular formula is C15H15BrClNO2. The van der Waals surface area contributed by atoms with Crippen molar-refractivity contribution in [1.29, 1.82) is 0 Å². The van der Waals surface area contributed by atoms with Crippen LogP contribution in [0.4, 0.5) is 0 Å². The molecule has 3 nitrogen and oxygen atoms in total. The predicted octanol–water partition coefficient (Wildman–Crippen LogP) is 4.37. The van der Waals surface area contributed by atoms with E-state index >= 15 is 0 Å². The molecule has 2 rings (SSSR count). The first-order chi connectivity index (χ1) is 9.63. The van der Waals surface area contributed by atoms with Crippen molar-refractivity contribution in [2.75, 3.05) is 6.61 Å². The minimum atomic E-state index is -0.835. The van der Waals surface area contributed by atoms with Gasteiger partial charge in [-0.1, -0.05) is 30.7 Å². The van der Waals surface area contributed by atoms with Crippen molar-refractivity contribution in [3.05, 3.63) is 57.3 Å². The Balaban J connectivity index is 2.28. The molecule has 0 saturated heterocycles. The lowest BCUT2D eigenvalue weighted by molar-refractivity contribution is 0.219. The van der Waals surface area contributed by atoms with E-state index in [0.717, 1.165) is 10.9 Å². The van der Waals surface area contributed by atoms with E-state index in [-0.39, 0.29) is 0 Å². The molecule has 0 saturated carbocycles. The van der Waals surface area contributed by atoms with Gasteiger partial charge in [0.25, 0.3) is 0 Å². The van der Waals surface area contributed by atoms with Gasteiger partial charge in [0.15, 0.2) is 0 Å². The first kappa shape index (κ1) is 15.3. The van der Waals surface area contributed by atoms with Gasteiger partial charge in [0.2, 0.25) is 0 Å². The number of hydrogen-bond donors (Lipinski definition) is 1. The van der Waals surface area contributed by atoms with Crippen molar-refractivity contribution < 1.29 is 9.84 Å². The quantitative estimate of drug-likeness (QED) is 0.865. The van der Waals surface area contributed by atoms with Crippen LogP contribution < -0.4 is 4.74 Å². The van der Waals surface area contributed by atoms with E-state index in [2.05, 4.69) is 20.9 Å². The third-order valence-corrected chi connectivity index (χ3v) is 4.11. The Morgan fingerprint density at radius 3 is 2.95 bits per heavy atom. The number of rotatable bonds is 5. The lowest BCUT2D eigenvalue weighted by Crippen LogP contribution is -2.03. The van der Waals surface area contributed by atoms with E-state index in [1.54, 1.807) is 24.5 Å². The van der Waals surface area contributed by atoms with Crippen LogP contribution in [0.5, 0.6) is 5.75 Å². The van der Waals surface area contributed by atoms with E-state index in [4.69, 9.17) is 16.3 Å². The van der Waals surface area contributed by atoms with Gasteiger partial charge in [-0.25, -0.2) is 0 Å². The molecule has 5 heteroatoms. The highest BCUT2D eigenvalue weighted by atomic mass is 79.9. The minimum Gasteiger partial charge on any atom is -0.492 e. The zero-order chi connectivity index (χ0) is 14.5. The van der Waals surface area contributed by atoms with Crippen LogP contribution in [0.25, 0.3) is 0 Å². The third-order valence-electron chi connectivity index (χ3n) is 2.80. The zero-order valence-electron chi connectivity index (χ0n) is 11.0. The van der Waals surface area contributed by atoms with E-state index in [1.807, 2.05) is 19.1 Å². The molecule has 1 N–H and O–H groups in total. The number of ether oxygens (including phenoxy) is 1. The highest BCUT2D eigenvalue weighted by molar-refractivity contribution is 9.10. The molecule has 106 valence electrons. The van der Waals surface area contributed by atoms with E-state index in [1.165, 1.54) is 0 Å². The normalized spacial score (nSPS) is 12.2. The fourth-order valence-corrected chi connectivity index (χ4v) is 2.41. The monoisotopic (exact) mass is 355 g/mol. The Morgan fingerprint density at radius 1 is 1.40 bits per heavy atom. The fourth-order valence-electron chi connectivity index (χ4n) is 1.80. The Kier molecular flexibility index (Phi) is 5.40. The predicted molar refractivity (Wildman–Crippen MR) is 83.2 cm³/mol. The molecule has 0 aliphatic carbocycles. The summed E-state index contributed by atoms with van der Waals surface area (Å²) < 4.78 is 6.27. The lowest BCUT2D eigenvalue weighted by atomic mass is 10.0. The largest absolute Gasteiger partial charge is 0.492 e. The number of aliphatic hydroxyl groups is 1. The minimum absolute atomic E-state index is 0.500. The number of hydrogen-bond acceptors (Lipinski definition) is 3. The molecule has 0 spiro atoms. The van der Waals surface area contributed by atoms with Crippen LogP contribution in [0.1, 0.15) is 30.6 Å². The van der Waals surface area contributed by atoms with Gasteiger partial charge in [-0.05, 0) is 34.5 Å². The SMILES string of the molecule is CCCOc1cncc(C(O)c2cccc(Br)c2Cl)c1. The third kappa shape index (κ3) is 3.51. The van der Waals surface area contributed by atoms with E-state index in [0.29, 0.717) is 28.5 Å². The number of nitrogens with zero attached hydrogens (tertiary/aromatic N) is 1. The van der Waals surface area contributed by atoms with Gasteiger partial charge in [0.05, 0.1) is 17.8 Å². The smallest absolute Gasteiger partial charge is 0.137 e. The summed E-state index contributed by atoms with van der Waals surface area (Å²) in [6, 6.07) is 7.23. The Morgan fingerprint density at radius 2 is 2.20 bits per heavy atom. The number of aromatic nitrogens is 1. The fraction of sp³-hybridized carbons (Fsp3) is 0.267. The second kappa shape index (κ2) is 7.07. The van der Waals surface area contributed by atoms with E-state index < -0.39 is 6.10 Å². The van der Waals surface area contributed by atoms with Gasteiger partial charge in [0, 0.05) is 21.8 Å². The Labute approximate surface area is 131 Å². The molecule has 1 aromatic carbocycles. The molecule has 1 aromatic heterocycles. The van der Waals surface area contributed by atoms with Gasteiger partial charge in [-0.15, -0.1) is 0 Å². The van der Waals surface area contributed by atoms with Gasteiger partial charge in [-0.2, -0.15) is 0 Å². The van der Waals surface area contributed by atoms with Crippen LogP contribution in [0.2, 0.25) is 5.02 Å². The molecule has 20 heavy (non-hydrogen) atoms. The molecule has 0 aliphatic heterocycles. The maximum absolute atomic E-state index is 10.4. The molecule has 0 fully saturated rings. The summed E-state index contributed by atoms with van der Waals surface area (Å²) in [6.07, 6.45) is 3.33. The highest BCUT2D eigenvalue weighted by Gasteiger charge is 2.16. The zero-order valence-corrected chi connectivity index (χ0v) is 13.4. The molecule has 1 heterocycles. The summed E-state index contributed by atoms with van der Waals surface area (Å²) in [4.78, 5) is 4.10. The van der Waals surface area contributed by atoms with Gasteiger partial charge >= 0.3 is 0 Å². The van der Waals surface area contributed by atoms with Crippen molar-refractivity contribution in [3.63, 3.8) is 0 Å². The number of aliphatic hydroxyl groups excluding tert-OH is 1. The Bertz CT molecular complexity index is 592. The second-order valence-corrected chi connectivity index (χ2v) is 5.58. The van der Waals surface area contributed by atoms with Crippen molar-refractivity contribution >= 4 is 27.5 Å². The van der Waals surface area contributed by atoms with Crippen LogP contribution in [0.15, 0.2) is 41.1 Å². The number of benzene rings is 1. The molecular weight excluding hydrogens is 342 g/mol. The average molecular weight is 357 g/mol.